The van der Waals surface area contributed by atoms with E-state index in [4.69, 9.17) is 9.84 Å². The molecule has 1 aromatic carbocycles. The Bertz CT molecular complexity index is 626. The lowest BCUT2D eigenvalue weighted by atomic mass is 10.1. The number of carboxylic acid groups (broad SMARTS) is 1. The molecule has 1 aliphatic heterocycles. The summed E-state index contributed by atoms with van der Waals surface area (Å²) in [4.78, 5) is 11.1. The van der Waals surface area contributed by atoms with Gasteiger partial charge in [-0.05, 0) is 18.1 Å². The zero-order valence-electron chi connectivity index (χ0n) is 11.1. The molecule has 1 atom stereocenters. The standard InChI is InChI=1S/C14H15N3O3/c1-2-11-13(14(18)19)15-16-17(11)8-10-7-9-5-3-4-6-12(9)20-10/h3-6,10H,2,7-8H2,1H3,(H,18,19). The Hall–Kier alpha value is -2.37. The Labute approximate surface area is 116 Å². The Morgan fingerprint density at radius 1 is 1.50 bits per heavy atom. The fraction of sp³-hybridized carbons (Fsp3) is 0.357. The highest BCUT2D eigenvalue weighted by Gasteiger charge is 2.25. The van der Waals surface area contributed by atoms with Gasteiger partial charge in [0.05, 0.1) is 12.2 Å². The van der Waals surface area contributed by atoms with Crippen molar-refractivity contribution in [3.05, 3.63) is 41.2 Å². The zero-order valence-corrected chi connectivity index (χ0v) is 11.1. The molecule has 0 saturated carbocycles. The van der Waals surface area contributed by atoms with Gasteiger partial charge in [0.1, 0.15) is 11.9 Å². The van der Waals surface area contributed by atoms with E-state index in [0.717, 1.165) is 12.2 Å². The summed E-state index contributed by atoms with van der Waals surface area (Å²) in [6.45, 7) is 2.41. The van der Waals surface area contributed by atoms with Crippen molar-refractivity contribution >= 4 is 5.97 Å². The van der Waals surface area contributed by atoms with E-state index >= 15 is 0 Å². The maximum Gasteiger partial charge on any atom is 0.358 e. The number of rotatable bonds is 4. The summed E-state index contributed by atoms with van der Waals surface area (Å²) in [6.07, 6.45) is 1.36. The molecule has 0 bridgehead atoms. The van der Waals surface area contributed by atoms with E-state index in [2.05, 4.69) is 10.3 Å². The van der Waals surface area contributed by atoms with Crippen LogP contribution in [0.5, 0.6) is 5.75 Å². The van der Waals surface area contributed by atoms with Gasteiger partial charge in [0, 0.05) is 6.42 Å². The normalized spacial score (nSPS) is 16.8. The summed E-state index contributed by atoms with van der Waals surface area (Å²) in [5, 5.41) is 16.7. The molecule has 2 heterocycles. The number of hydrogen-bond acceptors (Lipinski definition) is 4. The van der Waals surface area contributed by atoms with Crippen LogP contribution in [0.2, 0.25) is 0 Å². The highest BCUT2D eigenvalue weighted by atomic mass is 16.5. The number of nitrogens with zero attached hydrogens (tertiary/aromatic N) is 3. The number of carbonyl (C=O) groups is 1. The van der Waals surface area contributed by atoms with Crippen molar-refractivity contribution in [2.45, 2.75) is 32.4 Å². The summed E-state index contributed by atoms with van der Waals surface area (Å²) < 4.78 is 7.48. The molecule has 0 saturated heterocycles. The van der Waals surface area contributed by atoms with Crippen molar-refractivity contribution < 1.29 is 14.6 Å². The Morgan fingerprint density at radius 3 is 3.00 bits per heavy atom. The van der Waals surface area contributed by atoms with Gasteiger partial charge in [-0.1, -0.05) is 30.3 Å². The minimum atomic E-state index is -1.04. The fourth-order valence-corrected chi connectivity index (χ4v) is 2.54. The molecule has 6 heteroatoms. The first-order chi connectivity index (χ1) is 9.69. The molecule has 0 fully saturated rings. The molecule has 2 aromatic rings. The second-order valence-corrected chi connectivity index (χ2v) is 4.78. The van der Waals surface area contributed by atoms with Crippen molar-refractivity contribution in [1.82, 2.24) is 15.0 Å². The second-order valence-electron chi connectivity index (χ2n) is 4.78. The molecule has 3 rings (SSSR count). The van der Waals surface area contributed by atoms with Crippen LogP contribution in [0.3, 0.4) is 0 Å². The van der Waals surface area contributed by atoms with Crippen LogP contribution in [-0.2, 0) is 19.4 Å². The highest BCUT2D eigenvalue weighted by Crippen LogP contribution is 2.28. The summed E-state index contributed by atoms with van der Waals surface area (Å²) >= 11 is 0. The molecule has 20 heavy (non-hydrogen) atoms. The average molecular weight is 273 g/mol. The first kappa shape index (κ1) is 12.7. The van der Waals surface area contributed by atoms with Gasteiger partial charge in [-0.2, -0.15) is 0 Å². The molecule has 1 aliphatic rings. The van der Waals surface area contributed by atoms with E-state index in [0.29, 0.717) is 18.7 Å². The summed E-state index contributed by atoms with van der Waals surface area (Å²) in [7, 11) is 0. The van der Waals surface area contributed by atoms with Gasteiger partial charge in [-0.3, -0.25) is 0 Å². The molecule has 1 aromatic heterocycles. The number of hydrogen-bond donors (Lipinski definition) is 1. The number of ether oxygens (including phenoxy) is 1. The summed E-state index contributed by atoms with van der Waals surface area (Å²) in [5.41, 5.74) is 1.84. The predicted octanol–water partition coefficient (Wildman–Crippen LogP) is 1.54. The smallest absolute Gasteiger partial charge is 0.358 e. The van der Waals surface area contributed by atoms with Gasteiger partial charge in [0.15, 0.2) is 5.69 Å². The minimum absolute atomic E-state index is 0.0268. The molecule has 104 valence electrons. The number of carboxylic acids is 1. The largest absolute Gasteiger partial charge is 0.488 e. The third-order valence-corrected chi connectivity index (χ3v) is 3.47. The van der Waals surface area contributed by atoms with E-state index in [9.17, 15) is 4.79 Å². The molecule has 0 aliphatic carbocycles. The van der Waals surface area contributed by atoms with Crippen molar-refractivity contribution in [2.75, 3.05) is 0 Å². The highest BCUT2D eigenvalue weighted by molar-refractivity contribution is 5.86. The van der Waals surface area contributed by atoms with Gasteiger partial charge >= 0.3 is 5.97 Å². The van der Waals surface area contributed by atoms with Crippen LogP contribution in [-0.4, -0.2) is 32.2 Å². The number of benzene rings is 1. The molecule has 1 unspecified atom stereocenters. The molecule has 1 N–H and O–H groups in total. The van der Waals surface area contributed by atoms with Gasteiger partial charge in [-0.15, -0.1) is 5.10 Å². The lowest BCUT2D eigenvalue weighted by molar-refractivity contribution is 0.0689. The quantitative estimate of drug-likeness (QED) is 0.914. The lowest BCUT2D eigenvalue weighted by Gasteiger charge is -2.12. The van der Waals surface area contributed by atoms with Crippen LogP contribution in [0, 0.1) is 0 Å². The topological polar surface area (TPSA) is 77.2 Å². The van der Waals surface area contributed by atoms with Crippen LogP contribution < -0.4 is 4.74 Å². The van der Waals surface area contributed by atoms with Crippen molar-refractivity contribution in [1.29, 1.82) is 0 Å². The third kappa shape index (κ3) is 2.13. The zero-order chi connectivity index (χ0) is 14.1. The van der Waals surface area contributed by atoms with Crippen molar-refractivity contribution in [2.24, 2.45) is 0 Å². The third-order valence-electron chi connectivity index (χ3n) is 3.47. The van der Waals surface area contributed by atoms with Crippen LogP contribution in [0.25, 0.3) is 0 Å². The second kappa shape index (κ2) is 4.96. The first-order valence-electron chi connectivity index (χ1n) is 6.59. The maximum absolute atomic E-state index is 11.1. The summed E-state index contributed by atoms with van der Waals surface area (Å²) in [5.74, 6) is -0.141. The van der Waals surface area contributed by atoms with Crippen LogP contribution in [0.1, 0.15) is 28.7 Å². The molecule has 0 radical (unpaired) electrons. The van der Waals surface area contributed by atoms with Crippen molar-refractivity contribution in [3.63, 3.8) is 0 Å². The van der Waals surface area contributed by atoms with Crippen molar-refractivity contribution in [3.8, 4) is 5.75 Å². The monoisotopic (exact) mass is 273 g/mol. The van der Waals surface area contributed by atoms with E-state index in [-0.39, 0.29) is 11.8 Å². The van der Waals surface area contributed by atoms with Crippen LogP contribution >= 0.6 is 0 Å². The minimum Gasteiger partial charge on any atom is -0.488 e. The number of para-hydroxylation sites is 1. The number of aromatic carboxylic acids is 1. The van der Waals surface area contributed by atoms with Gasteiger partial charge in [-0.25, -0.2) is 9.48 Å². The maximum atomic E-state index is 11.1. The predicted molar refractivity (Wildman–Crippen MR) is 70.9 cm³/mol. The first-order valence-corrected chi connectivity index (χ1v) is 6.59. The Morgan fingerprint density at radius 2 is 2.30 bits per heavy atom. The van der Waals surface area contributed by atoms with Gasteiger partial charge < -0.3 is 9.84 Å². The molecule has 0 amide bonds. The fourth-order valence-electron chi connectivity index (χ4n) is 2.54. The van der Waals surface area contributed by atoms with Crippen LogP contribution in [0.15, 0.2) is 24.3 Å². The Balaban J connectivity index is 1.79. The van der Waals surface area contributed by atoms with Gasteiger partial charge in [0.2, 0.25) is 0 Å². The molecule has 0 spiro atoms. The van der Waals surface area contributed by atoms with E-state index in [1.807, 2.05) is 31.2 Å². The number of aromatic nitrogens is 3. The van der Waals surface area contributed by atoms with E-state index in [1.54, 1.807) is 4.68 Å². The average Bonchev–Trinajstić information content (AvgIpc) is 3.01. The molecular formula is C14H15N3O3. The lowest BCUT2D eigenvalue weighted by Crippen LogP contribution is -2.23. The Kier molecular flexibility index (Phi) is 3.14. The van der Waals surface area contributed by atoms with Gasteiger partial charge in [0.25, 0.3) is 0 Å². The van der Waals surface area contributed by atoms with E-state index in [1.165, 1.54) is 5.56 Å². The molecular weight excluding hydrogens is 258 g/mol. The summed E-state index contributed by atoms with van der Waals surface area (Å²) in [6, 6.07) is 7.91. The van der Waals surface area contributed by atoms with Crippen LogP contribution in [0.4, 0.5) is 0 Å². The SMILES string of the molecule is CCc1c(C(=O)O)nnn1CC1Cc2ccccc2O1. The van der Waals surface area contributed by atoms with E-state index < -0.39 is 5.97 Å². The number of fused-ring (bicyclic) bond motifs is 1. The molecule has 6 nitrogen and oxygen atoms in total.